The summed E-state index contributed by atoms with van der Waals surface area (Å²) in [4.78, 5) is 1.48. The molecule has 0 saturated heterocycles. The molecule has 0 spiro atoms. The third-order valence-corrected chi connectivity index (χ3v) is 5.55. The molecule has 1 N–H and O–H groups in total. The molecule has 0 aromatic carbocycles. The molecule has 0 bridgehead atoms. The van der Waals surface area contributed by atoms with Crippen LogP contribution in [0.3, 0.4) is 0 Å². The van der Waals surface area contributed by atoms with Gasteiger partial charge in [-0.2, -0.15) is 5.10 Å². The number of aryl methyl sites for hydroxylation is 3. The molecule has 0 amide bonds. The molecule has 0 aliphatic heterocycles. The molecule has 0 saturated carbocycles. The zero-order valence-electron chi connectivity index (χ0n) is 12.9. The second-order valence-corrected chi connectivity index (χ2v) is 6.87. The van der Waals surface area contributed by atoms with Gasteiger partial charge >= 0.3 is 0 Å². The number of aliphatic hydroxyl groups excluding tert-OH is 1. The number of rotatable bonds is 5. The van der Waals surface area contributed by atoms with Gasteiger partial charge in [0.1, 0.15) is 0 Å². The van der Waals surface area contributed by atoms with Crippen LogP contribution in [0.1, 0.15) is 54.4 Å². The average molecular weight is 304 g/mol. The summed E-state index contributed by atoms with van der Waals surface area (Å²) < 4.78 is 2.04. The van der Waals surface area contributed by atoms with Crippen molar-refractivity contribution in [2.75, 3.05) is 0 Å². The molecule has 2 heterocycles. The molecular weight excluding hydrogens is 280 g/mol. The lowest BCUT2D eigenvalue weighted by molar-refractivity contribution is 0.132. The van der Waals surface area contributed by atoms with Gasteiger partial charge in [-0.15, -0.1) is 11.3 Å². The maximum absolute atomic E-state index is 10.8. The Morgan fingerprint density at radius 3 is 3.10 bits per heavy atom. The molecule has 2 aromatic rings. The fraction of sp³-hybridized carbons (Fsp3) is 0.588. The topological polar surface area (TPSA) is 38.0 Å². The molecule has 114 valence electrons. The standard InChI is InChI=1S/C17H24N2OS/c1-3-12-10-13(19(4-2)18-12)11-16(20)14-6-5-7-17-15(14)8-9-21-17/h8-10,14,16,20H,3-7,11H2,1-2H3. The Bertz CT molecular complexity index is 602. The third kappa shape index (κ3) is 2.92. The fourth-order valence-electron chi connectivity index (χ4n) is 3.40. The SMILES string of the molecule is CCc1cc(CC(O)C2CCCc3sccc32)n(CC)n1. The quantitative estimate of drug-likeness (QED) is 0.917. The lowest BCUT2D eigenvalue weighted by Gasteiger charge is -2.27. The summed E-state index contributed by atoms with van der Waals surface area (Å²) in [6, 6.07) is 4.37. The zero-order chi connectivity index (χ0) is 14.8. The van der Waals surface area contributed by atoms with Crippen LogP contribution in [0.2, 0.25) is 0 Å². The van der Waals surface area contributed by atoms with Crippen molar-refractivity contribution >= 4 is 11.3 Å². The van der Waals surface area contributed by atoms with E-state index in [4.69, 9.17) is 0 Å². The smallest absolute Gasteiger partial charge is 0.0664 e. The Labute approximate surface area is 130 Å². The van der Waals surface area contributed by atoms with E-state index in [2.05, 4.69) is 36.5 Å². The maximum Gasteiger partial charge on any atom is 0.0664 e. The first-order valence-electron chi connectivity index (χ1n) is 8.02. The number of hydrogen-bond acceptors (Lipinski definition) is 3. The van der Waals surface area contributed by atoms with E-state index in [-0.39, 0.29) is 6.10 Å². The number of aliphatic hydroxyl groups is 1. The van der Waals surface area contributed by atoms with Crippen LogP contribution in [0, 0.1) is 0 Å². The molecule has 1 aliphatic carbocycles. The molecule has 3 rings (SSSR count). The van der Waals surface area contributed by atoms with Crippen LogP contribution in [-0.4, -0.2) is 21.0 Å². The zero-order valence-corrected chi connectivity index (χ0v) is 13.7. The van der Waals surface area contributed by atoms with Crippen molar-refractivity contribution in [3.63, 3.8) is 0 Å². The molecule has 21 heavy (non-hydrogen) atoms. The highest BCUT2D eigenvalue weighted by Crippen LogP contribution is 2.37. The van der Waals surface area contributed by atoms with Crippen LogP contribution in [-0.2, 0) is 25.8 Å². The number of nitrogens with zero attached hydrogens (tertiary/aromatic N) is 2. The molecule has 1 aliphatic rings. The minimum absolute atomic E-state index is 0.297. The summed E-state index contributed by atoms with van der Waals surface area (Å²) in [6.07, 6.45) is 4.84. The van der Waals surface area contributed by atoms with Crippen molar-refractivity contribution in [3.05, 3.63) is 39.3 Å². The number of hydrogen-bond donors (Lipinski definition) is 1. The number of fused-ring (bicyclic) bond motifs is 1. The largest absolute Gasteiger partial charge is 0.392 e. The normalized spacial score (nSPS) is 19.5. The molecule has 3 nitrogen and oxygen atoms in total. The molecule has 2 aromatic heterocycles. The van der Waals surface area contributed by atoms with E-state index in [0.29, 0.717) is 12.3 Å². The molecular formula is C17H24N2OS. The van der Waals surface area contributed by atoms with Crippen LogP contribution < -0.4 is 0 Å². The molecule has 0 fully saturated rings. The second-order valence-electron chi connectivity index (χ2n) is 5.87. The highest BCUT2D eigenvalue weighted by atomic mass is 32.1. The first kappa shape index (κ1) is 14.8. The molecule has 4 heteroatoms. The Hall–Kier alpha value is -1.13. The Morgan fingerprint density at radius 1 is 1.48 bits per heavy atom. The minimum atomic E-state index is -0.301. The summed E-state index contributed by atoms with van der Waals surface area (Å²) >= 11 is 1.84. The first-order valence-corrected chi connectivity index (χ1v) is 8.90. The fourth-order valence-corrected chi connectivity index (χ4v) is 4.40. The monoisotopic (exact) mass is 304 g/mol. The van der Waals surface area contributed by atoms with Gasteiger partial charge in [-0.25, -0.2) is 0 Å². The van der Waals surface area contributed by atoms with Crippen molar-refractivity contribution in [2.24, 2.45) is 0 Å². The van der Waals surface area contributed by atoms with Crippen LogP contribution in [0.25, 0.3) is 0 Å². The summed E-state index contributed by atoms with van der Waals surface area (Å²) in [5.74, 6) is 0.297. The predicted molar refractivity (Wildman–Crippen MR) is 87.0 cm³/mol. The number of thiophene rings is 1. The van der Waals surface area contributed by atoms with Gasteiger partial charge in [0.25, 0.3) is 0 Å². The van der Waals surface area contributed by atoms with Crippen molar-refractivity contribution in [1.82, 2.24) is 9.78 Å². The van der Waals surface area contributed by atoms with E-state index in [9.17, 15) is 5.11 Å². The summed E-state index contributed by atoms with van der Waals surface area (Å²) in [5, 5.41) is 17.5. The van der Waals surface area contributed by atoms with E-state index in [1.165, 1.54) is 29.0 Å². The predicted octanol–water partition coefficient (Wildman–Crippen LogP) is 3.55. The van der Waals surface area contributed by atoms with Crippen molar-refractivity contribution in [3.8, 4) is 0 Å². The van der Waals surface area contributed by atoms with Gasteiger partial charge in [-0.1, -0.05) is 6.92 Å². The van der Waals surface area contributed by atoms with Gasteiger partial charge < -0.3 is 5.11 Å². The van der Waals surface area contributed by atoms with Crippen LogP contribution in [0.15, 0.2) is 17.5 Å². The van der Waals surface area contributed by atoms with Gasteiger partial charge in [-0.05, 0) is 55.7 Å². The van der Waals surface area contributed by atoms with Crippen molar-refractivity contribution in [2.45, 2.75) is 64.5 Å². The van der Waals surface area contributed by atoms with Gasteiger partial charge in [0, 0.05) is 29.5 Å². The minimum Gasteiger partial charge on any atom is -0.392 e. The molecule has 2 atom stereocenters. The lowest BCUT2D eigenvalue weighted by atomic mass is 9.82. The average Bonchev–Trinajstić information content (AvgIpc) is 3.12. The molecule has 0 radical (unpaired) electrons. The Kier molecular flexibility index (Phi) is 4.45. The van der Waals surface area contributed by atoms with Crippen molar-refractivity contribution in [1.29, 1.82) is 0 Å². The maximum atomic E-state index is 10.8. The van der Waals surface area contributed by atoms with Crippen LogP contribution in [0.4, 0.5) is 0 Å². The van der Waals surface area contributed by atoms with Gasteiger partial charge in [0.2, 0.25) is 0 Å². The van der Waals surface area contributed by atoms with Crippen LogP contribution in [0.5, 0.6) is 0 Å². The third-order valence-electron chi connectivity index (χ3n) is 4.56. The Morgan fingerprint density at radius 2 is 2.33 bits per heavy atom. The summed E-state index contributed by atoms with van der Waals surface area (Å²) in [5.41, 5.74) is 3.68. The van der Waals surface area contributed by atoms with Gasteiger partial charge in [0.15, 0.2) is 0 Å². The van der Waals surface area contributed by atoms with Crippen LogP contribution >= 0.6 is 11.3 Å². The second kappa shape index (κ2) is 6.32. The van der Waals surface area contributed by atoms with Gasteiger partial charge in [-0.3, -0.25) is 4.68 Å². The van der Waals surface area contributed by atoms with E-state index in [1.807, 2.05) is 16.0 Å². The van der Waals surface area contributed by atoms with E-state index < -0.39 is 0 Å². The van der Waals surface area contributed by atoms with E-state index >= 15 is 0 Å². The summed E-state index contributed by atoms with van der Waals surface area (Å²) in [6.45, 7) is 5.11. The highest BCUT2D eigenvalue weighted by Gasteiger charge is 2.28. The highest BCUT2D eigenvalue weighted by molar-refractivity contribution is 7.10. The van der Waals surface area contributed by atoms with E-state index in [1.54, 1.807) is 0 Å². The number of aromatic nitrogens is 2. The van der Waals surface area contributed by atoms with Crippen molar-refractivity contribution < 1.29 is 5.11 Å². The first-order chi connectivity index (χ1) is 10.2. The molecule has 2 unspecified atom stereocenters. The van der Waals surface area contributed by atoms with E-state index in [0.717, 1.165) is 25.1 Å². The van der Waals surface area contributed by atoms with Gasteiger partial charge in [0.05, 0.1) is 11.8 Å². The lowest BCUT2D eigenvalue weighted by Crippen LogP contribution is -2.25. The Balaban J connectivity index is 1.78. The summed E-state index contributed by atoms with van der Waals surface area (Å²) in [7, 11) is 0.